The van der Waals surface area contributed by atoms with Crippen molar-refractivity contribution < 1.29 is 13.9 Å². The number of aliphatic hydroxyl groups excluding tert-OH is 1. The fourth-order valence-electron chi connectivity index (χ4n) is 0.803. The first-order valence-electron chi connectivity index (χ1n) is 3.85. The zero-order valence-electron chi connectivity index (χ0n) is 7.13. The van der Waals surface area contributed by atoms with E-state index in [0.29, 0.717) is 10.6 Å². The molecule has 0 spiro atoms. The van der Waals surface area contributed by atoms with Gasteiger partial charge in [-0.1, -0.05) is 0 Å². The first-order valence-corrected chi connectivity index (χ1v) is 4.84. The fourth-order valence-corrected chi connectivity index (χ4v) is 1.58. The topological polar surface area (TPSA) is 20.2 Å². The molecule has 1 atom stereocenters. The van der Waals surface area contributed by atoms with Gasteiger partial charge in [0.1, 0.15) is 11.6 Å². The molecule has 13 heavy (non-hydrogen) atoms. The second-order valence-electron chi connectivity index (χ2n) is 2.73. The Kier molecular flexibility index (Phi) is 3.69. The Bertz CT molecular complexity index is 289. The first kappa shape index (κ1) is 10.5. The maximum atomic E-state index is 13.0. The average molecular weight is 204 g/mol. The highest BCUT2D eigenvalue weighted by Crippen LogP contribution is 2.22. The quantitative estimate of drug-likeness (QED) is 0.763. The maximum absolute atomic E-state index is 13.0. The van der Waals surface area contributed by atoms with Crippen LogP contribution in [0.2, 0.25) is 0 Å². The van der Waals surface area contributed by atoms with E-state index in [4.69, 9.17) is 5.11 Å². The third-order valence-corrected chi connectivity index (χ3v) is 2.67. The van der Waals surface area contributed by atoms with Crippen LogP contribution in [-0.2, 0) is 0 Å². The van der Waals surface area contributed by atoms with Gasteiger partial charge in [-0.25, -0.2) is 8.78 Å². The zero-order chi connectivity index (χ0) is 9.84. The van der Waals surface area contributed by atoms with Crippen molar-refractivity contribution in [2.24, 2.45) is 0 Å². The van der Waals surface area contributed by atoms with Crippen LogP contribution < -0.4 is 0 Å². The lowest BCUT2D eigenvalue weighted by atomic mass is 10.3. The third kappa shape index (κ3) is 3.32. The zero-order valence-corrected chi connectivity index (χ0v) is 7.94. The summed E-state index contributed by atoms with van der Waals surface area (Å²) in [4.78, 5) is 0.363. The minimum Gasteiger partial charge on any atom is -0.393 e. The highest BCUT2D eigenvalue weighted by molar-refractivity contribution is 7.99. The number of hydrogen-bond acceptors (Lipinski definition) is 2. The first-order chi connectivity index (χ1) is 6.09. The smallest absolute Gasteiger partial charge is 0.139 e. The molecule has 0 saturated heterocycles. The van der Waals surface area contributed by atoms with Crippen molar-refractivity contribution in [3.05, 3.63) is 29.8 Å². The predicted molar refractivity (Wildman–Crippen MR) is 48.8 cm³/mol. The Balaban J connectivity index is 2.67. The van der Waals surface area contributed by atoms with E-state index in [9.17, 15) is 8.78 Å². The molecule has 0 fully saturated rings. The molecular formula is C9H10F2OS. The van der Waals surface area contributed by atoms with E-state index >= 15 is 0 Å². The van der Waals surface area contributed by atoms with Crippen LogP contribution in [0.25, 0.3) is 0 Å². The van der Waals surface area contributed by atoms with Crippen LogP contribution in [-0.4, -0.2) is 17.0 Å². The molecule has 4 heteroatoms. The molecule has 72 valence electrons. The van der Waals surface area contributed by atoms with E-state index in [0.717, 1.165) is 6.07 Å². The fraction of sp³-hybridized carbons (Fsp3) is 0.333. The highest BCUT2D eigenvalue weighted by atomic mass is 32.2. The van der Waals surface area contributed by atoms with Crippen molar-refractivity contribution in [2.75, 3.05) is 5.75 Å². The van der Waals surface area contributed by atoms with Crippen molar-refractivity contribution in [3.63, 3.8) is 0 Å². The van der Waals surface area contributed by atoms with Crippen LogP contribution in [0.3, 0.4) is 0 Å². The van der Waals surface area contributed by atoms with Gasteiger partial charge < -0.3 is 5.11 Å². The SMILES string of the molecule is CC(O)CSc1ccc(F)cc1F. The lowest BCUT2D eigenvalue weighted by Gasteiger charge is -2.04. The summed E-state index contributed by atoms with van der Waals surface area (Å²) in [6, 6.07) is 3.41. The largest absolute Gasteiger partial charge is 0.393 e. The van der Waals surface area contributed by atoms with Gasteiger partial charge in [0.25, 0.3) is 0 Å². The highest BCUT2D eigenvalue weighted by Gasteiger charge is 2.05. The van der Waals surface area contributed by atoms with Gasteiger partial charge in [-0.3, -0.25) is 0 Å². The van der Waals surface area contributed by atoms with Crippen LogP contribution in [0.5, 0.6) is 0 Å². The van der Waals surface area contributed by atoms with Gasteiger partial charge in [0.05, 0.1) is 6.10 Å². The number of hydrogen-bond donors (Lipinski definition) is 1. The molecule has 0 radical (unpaired) electrons. The number of aliphatic hydroxyl groups is 1. The summed E-state index contributed by atoms with van der Waals surface area (Å²) in [6.07, 6.45) is -0.491. The lowest BCUT2D eigenvalue weighted by Crippen LogP contribution is -2.02. The Labute approximate surface area is 79.8 Å². The molecule has 0 amide bonds. The van der Waals surface area contributed by atoms with Gasteiger partial charge >= 0.3 is 0 Å². The Morgan fingerprint density at radius 2 is 2.15 bits per heavy atom. The van der Waals surface area contributed by atoms with E-state index in [-0.39, 0.29) is 0 Å². The van der Waals surface area contributed by atoms with E-state index in [1.54, 1.807) is 6.92 Å². The second kappa shape index (κ2) is 4.58. The van der Waals surface area contributed by atoms with Gasteiger partial charge in [0.15, 0.2) is 0 Å². The van der Waals surface area contributed by atoms with Crippen LogP contribution in [0.15, 0.2) is 23.1 Å². The summed E-state index contributed by atoms with van der Waals surface area (Å²) in [5, 5.41) is 8.94. The molecular weight excluding hydrogens is 194 g/mol. The molecule has 0 heterocycles. The maximum Gasteiger partial charge on any atom is 0.139 e. The summed E-state index contributed by atoms with van der Waals surface area (Å²) in [7, 11) is 0. The molecule has 0 bridgehead atoms. The average Bonchev–Trinajstić information content (AvgIpc) is 2.02. The molecule has 0 aliphatic heterocycles. The minimum absolute atomic E-state index is 0.363. The van der Waals surface area contributed by atoms with Gasteiger partial charge in [-0.05, 0) is 19.1 Å². The number of halogens is 2. The van der Waals surface area contributed by atoms with E-state index in [2.05, 4.69) is 0 Å². The molecule has 1 N–H and O–H groups in total. The van der Waals surface area contributed by atoms with Gasteiger partial charge in [-0.2, -0.15) is 0 Å². The summed E-state index contributed by atoms with van der Waals surface area (Å²) < 4.78 is 25.4. The molecule has 1 aromatic rings. The van der Waals surface area contributed by atoms with E-state index in [1.165, 1.54) is 23.9 Å². The van der Waals surface area contributed by atoms with Crippen LogP contribution in [0.4, 0.5) is 8.78 Å². The normalized spacial score (nSPS) is 12.9. The van der Waals surface area contributed by atoms with Crippen LogP contribution in [0, 0.1) is 11.6 Å². The number of benzene rings is 1. The van der Waals surface area contributed by atoms with E-state index in [1.807, 2.05) is 0 Å². The van der Waals surface area contributed by atoms with Crippen molar-refractivity contribution in [1.82, 2.24) is 0 Å². The lowest BCUT2D eigenvalue weighted by molar-refractivity contribution is 0.220. The number of thioether (sulfide) groups is 1. The second-order valence-corrected chi connectivity index (χ2v) is 3.80. The van der Waals surface area contributed by atoms with Crippen molar-refractivity contribution in [1.29, 1.82) is 0 Å². The molecule has 0 aliphatic carbocycles. The minimum atomic E-state index is -0.584. The predicted octanol–water partition coefficient (Wildman–Crippen LogP) is 2.44. The molecule has 0 saturated carbocycles. The summed E-state index contributed by atoms with van der Waals surface area (Å²) in [5.41, 5.74) is 0. The molecule has 1 rings (SSSR count). The van der Waals surface area contributed by atoms with Crippen molar-refractivity contribution >= 4 is 11.8 Å². The molecule has 1 aromatic carbocycles. The van der Waals surface area contributed by atoms with Gasteiger partial charge in [0.2, 0.25) is 0 Å². The summed E-state index contributed by atoms with van der Waals surface area (Å²) in [6.45, 7) is 1.62. The Morgan fingerprint density at radius 1 is 1.46 bits per heavy atom. The summed E-state index contributed by atoms with van der Waals surface area (Å²) in [5.74, 6) is -0.757. The van der Waals surface area contributed by atoms with E-state index < -0.39 is 17.7 Å². The monoisotopic (exact) mass is 204 g/mol. The molecule has 0 aliphatic rings. The van der Waals surface area contributed by atoms with Crippen LogP contribution >= 0.6 is 11.8 Å². The molecule has 0 aromatic heterocycles. The molecule has 1 unspecified atom stereocenters. The Hall–Kier alpha value is -0.610. The van der Waals surface area contributed by atoms with Gasteiger partial charge in [0, 0.05) is 16.7 Å². The standard InChI is InChI=1S/C9H10F2OS/c1-6(12)5-13-9-3-2-7(10)4-8(9)11/h2-4,6,12H,5H2,1H3. The van der Waals surface area contributed by atoms with Gasteiger partial charge in [-0.15, -0.1) is 11.8 Å². The summed E-state index contributed by atoms with van der Waals surface area (Å²) >= 11 is 1.17. The number of rotatable bonds is 3. The Morgan fingerprint density at radius 3 is 2.69 bits per heavy atom. The van der Waals surface area contributed by atoms with Crippen molar-refractivity contribution in [2.45, 2.75) is 17.9 Å². The third-order valence-electron chi connectivity index (χ3n) is 1.37. The van der Waals surface area contributed by atoms with Crippen LogP contribution in [0.1, 0.15) is 6.92 Å². The molecule has 1 nitrogen and oxygen atoms in total. The van der Waals surface area contributed by atoms with Crippen molar-refractivity contribution in [3.8, 4) is 0 Å².